The van der Waals surface area contributed by atoms with Gasteiger partial charge in [-0.1, -0.05) is 55.4 Å². The molecule has 0 spiro atoms. The molecule has 2 atom stereocenters. The second-order valence-corrected chi connectivity index (χ2v) is 12.8. The number of aliphatic imine (C=N–C) groups is 1. The van der Waals surface area contributed by atoms with Crippen LogP contribution in [0.5, 0.6) is 0 Å². The van der Waals surface area contributed by atoms with Crippen LogP contribution in [0.15, 0.2) is 4.99 Å². The maximum atomic E-state index is 12.1. The number of ether oxygens (including phenoxy) is 1. The predicted molar refractivity (Wildman–Crippen MR) is 131 cm³/mol. The van der Waals surface area contributed by atoms with Gasteiger partial charge in [0.25, 0.3) is 0 Å². The molecule has 1 saturated heterocycles. The number of imide groups is 1. The van der Waals surface area contributed by atoms with Crippen LogP contribution in [-0.4, -0.2) is 64.8 Å². The van der Waals surface area contributed by atoms with E-state index in [0.717, 1.165) is 0 Å². The average molecular weight is 484 g/mol. The fourth-order valence-electron chi connectivity index (χ4n) is 3.15. The number of carbonyl (C=O) groups excluding carboxylic acids is 4. The molecular formula is C25H45N3O6. The average Bonchev–Trinajstić information content (AvgIpc) is 2.58. The van der Waals surface area contributed by atoms with Gasteiger partial charge in [0.15, 0.2) is 0 Å². The minimum Gasteiger partial charge on any atom is -0.444 e. The molecule has 9 heteroatoms. The van der Waals surface area contributed by atoms with E-state index in [0.29, 0.717) is 12.8 Å². The molecule has 2 N–H and O–H groups in total. The van der Waals surface area contributed by atoms with Crippen LogP contribution in [-0.2, 0) is 19.1 Å². The largest absolute Gasteiger partial charge is 0.444 e. The zero-order valence-electron chi connectivity index (χ0n) is 22.9. The molecule has 1 rings (SSSR count). The number of alkyl carbamates (subject to hydrolysis) is 1. The van der Waals surface area contributed by atoms with Crippen molar-refractivity contribution in [2.24, 2.45) is 21.2 Å². The van der Waals surface area contributed by atoms with Gasteiger partial charge in [0, 0.05) is 12.8 Å². The molecule has 1 heterocycles. The molecule has 0 aromatic heterocycles. The lowest BCUT2D eigenvalue weighted by Gasteiger charge is -2.37. The first kappa shape index (κ1) is 31.8. The van der Waals surface area contributed by atoms with E-state index in [1.807, 2.05) is 55.4 Å². The summed E-state index contributed by atoms with van der Waals surface area (Å²) in [5, 5.41) is 11.8. The highest BCUT2D eigenvalue weighted by Gasteiger charge is 2.39. The smallest absolute Gasteiger partial charge is 0.407 e. The lowest BCUT2D eigenvalue weighted by molar-refractivity contribution is -0.153. The van der Waals surface area contributed by atoms with Gasteiger partial charge >= 0.3 is 6.09 Å². The Bertz CT molecular complexity index is 745. The van der Waals surface area contributed by atoms with Crippen molar-refractivity contribution in [1.29, 1.82) is 0 Å². The van der Waals surface area contributed by atoms with E-state index in [1.165, 1.54) is 11.0 Å². The number of hydrogen-bond acceptors (Lipinski definition) is 7. The van der Waals surface area contributed by atoms with Crippen molar-refractivity contribution in [3.8, 4) is 0 Å². The van der Waals surface area contributed by atoms with Crippen LogP contribution < -0.4 is 5.32 Å². The van der Waals surface area contributed by atoms with E-state index in [-0.39, 0.29) is 47.3 Å². The summed E-state index contributed by atoms with van der Waals surface area (Å²) in [4.78, 5) is 51.0. The topological polar surface area (TPSA) is 125 Å². The molecule has 0 bridgehead atoms. The Kier molecular flexibility index (Phi) is 11.1. The number of carbonyl (C=O) groups is 3. The first-order valence-electron chi connectivity index (χ1n) is 11.6. The molecular weight excluding hydrogens is 438 g/mol. The lowest BCUT2D eigenvalue weighted by Crippen LogP contribution is -2.50. The molecule has 0 radical (unpaired) electrons. The Balaban J connectivity index is 0.000000661. The quantitative estimate of drug-likeness (QED) is 0.348. The third-order valence-electron chi connectivity index (χ3n) is 5.34. The Labute approximate surface area is 204 Å². The van der Waals surface area contributed by atoms with Crippen LogP contribution in [0, 0.1) is 16.2 Å². The minimum atomic E-state index is -0.512. The van der Waals surface area contributed by atoms with E-state index < -0.39 is 17.7 Å². The van der Waals surface area contributed by atoms with E-state index in [1.54, 1.807) is 20.8 Å². The molecule has 0 aromatic carbocycles. The zero-order valence-corrected chi connectivity index (χ0v) is 22.9. The molecule has 196 valence electrons. The fourth-order valence-corrected chi connectivity index (χ4v) is 3.15. The van der Waals surface area contributed by atoms with E-state index in [4.69, 9.17) is 9.84 Å². The number of nitrogens with one attached hydrogen (secondary N) is 1. The molecule has 34 heavy (non-hydrogen) atoms. The Morgan fingerprint density at radius 1 is 1.06 bits per heavy atom. The maximum absolute atomic E-state index is 12.1. The number of aliphatic hydroxyl groups is 1. The van der Waals surface area contributed by atoms with Crippen molar-refractivity contribution >= 4 is 24.0 Å². The summed E-state index contributed by atoms with van der Waals surface area (Å²) in [7, 11) is 0. The minimum absolute atomic E-state index is 0.0945. The van der Waals surface area contributed by atoms with Crippen molar-refractivity contribution < 1.29 is 29.0 Å². The SMILES string of the molecule is CC(C)(C)OC(=O)N[C@H](CO)C(C)(C)C.CC1(C)CC(=O)N(C[C@@H](N=C=O)C(C)(C)C)C(=O)C1. The number of piperidine rings is 1. The number of isocyanates is 1. The molecule has 0 saturated carbocycles. The molecule has 0 aromatic rings. The summed E-state index contributed by atoms with van der Waals surface area (Å²) in [6, 6.07) is -0.716. The number of hydrogen-bond donors (Lipinski definition) is 2. The van der Waals surface area contributed by atoms with E-state index in [9.17, 15) is 19.2 Å². The molecule has 0 aliphatic carbocycles. The third-order valence-corrected chi connectivity index (χ3v) is 5.34. The maximum Gasteiger partial charge on any atom is 0.407 e. The van der Waals surface area contributed by atoms with Crippen LogP contribution in [0.25, 0.3) is 0 Å². The summed E-state index contributed by atoms with van der Waals surface area (Å²) < 4.78 is 5.10. The number of rotatable bonds is 5. The van der Waals surface area contributed by atoms with Crippen molar-refractivity contribution in [3.63, 3.8) is 0 Å². The van der Waals surface area contributed by atoms with Gasteiger partial charge in [-0.25, -0.2) is 14.6 Å². The number of amides is 3. The summed E-state index contributed by atoms with van der Waals surface area (Å²) in [5.41, 5.74) is -1.28. The summed E-state index contributed by atoms with van der Waals surface area (Å²) in [5.74, 6) is -0.367. The number of nitrogens with zero attached hydrogens (tertiary/aromatic N) is 2. The van der Waals surface area contributed by atoms with Gasteiger partial charge in [-0.05, 0) is 37.0 Å². The monoisotopic (exact) mass is 483 g/mol. The molecule has 9 nitrogen and oxygen atoms in total. The van der Waals surface area contributed by atoms with Crippen molar-refractivity contribution in [1.82, 2.24) is 10.2 Å². The van der Waals surface area contributed by atoms with Gasteiger partial charge < -0.3 is 15.2 Å². The predicted octanol–water partition coefficient (Wildman–Crippen LogP) is 3.83. The van der Waals surface area contributed by atoms with Crippen molar-refractivity contribution in [3.05, 3.63) is 0 Å². The normalized spacial score (nSPS) is 18.2. The van der Waals surface area contributed by atoms with Gasteiger partial charge in [-0.2, -0.15) is 0 Å². The van der Waals surface area contributed by atoms with Crippen LogP contribution in [0.1, 0.15) is 89.0 Å². The number of aliphatic hydroxyl groups excluding tert-OH is 1. The van der Waals surface area contributed by atoms with Crippen LogP contribution in [0.4, 0.5) is 4.79 Å². The molecule has 1 fully saturated rings. The van der Waals surface area contributed by atoms with Gasteiger partial charge in [-0.3, -0.25) is 14.5 Å². The highest BCUT2D eigenvalue weighted by molar-refractivity contribution is 5.98. The summed E-state index contributed by atoms with van der Waals surface area (Å²) >= 11 is 0. The van der Waals surface area contributed by atoms with E-state index in [2.05, 4.69) is 10.3 Å². The van der Waals surface area contributed by atoms with Gasteiger partial charge in [0.2, 0.25) is 17.9 Å². The first-order chi connectivity index (χ1) is 15.1. The van der Waals surface area contributed by atoms with Gasteiger partial charge in [0.05, 0.1) is 25.2 Å². The zero-order chi connectivity index (χ0) is 27.1. The van der Waals surface area contributed by atoms with Crippen molar-refractivity contribution in [2.75, 3.05) is 13.2 Å². The highest BCUT2D eigenvalue weighted by Crippen LogP contribution is 2.33. The van der Waals surface area contributed by atoms with Gasteiger partial charge in [0.1, 0.15) is 5.60 Å². The standard InChI is InChI=1S/C14H22N2O3.C11H23NO3/c1-13(2,3)10(15-9-17)8-16-11(18)6-14(4,5)7-12(16)19;1-10(2,3)8(7-13)12-9(14)15-11(4,5)6/h10H,6-8H2,1-5H3;8,13H,7H2,1-6H3,(H,12,14)/t10-;8-/m11/s1. The summed E-state index contributed by atoms with van der Waals surface area (Å²) in [6.07, 6.45) is 1.74. The molecule has 3 amide bonds. The van der Waals surface area contributed by atoms with E-state index >= 15 is 0 Å². The van der Waals surface area contributed by atoms with Crippen LogP contribution >= 0.6 is 0 Å². The summed E-state index contributed by atoms with van der Waals surface area (Å²) in [6.45, 7) is 20.9. The van der Waals surface area contributed by atoms with Gasteiger partial charge in [-0.15, -0.1) is 0 Å². The highest BCUT2D eigenvalue weighted by atomic mass is 16.6. The number of likely N-dealkylation sites (tertiary alicyclic amines) is 1. The second kappa shape index (κ2) is 11.9. The fraction of sp³-hybridized carbons (Fsp3) is 0.840. The van der Waals surface area contributed by atoms with Crippen LogP contribution in [0.3, 0.4) is 0 Å². The molecule has 1 aliphatic rings. The first-order valence-corrected chi connectivity index (χ1v) is 11.6. The second-order valence-electron chi connectivity index (χ2n) is 12.8. The third kappa shape index (κ3) is 11.7. The van der Waals surface area contributed by atoms with Crippen LogP contribution in [0.2, 0.25) is 0 Å². The molecule has 0 unspecified atom stereocenters. The Hall–Kier alpha value is -2.25. The Morgan fingerprint density at radius 3 is 1.85 bits per heavy atom. The lowest BCUT2D eigenvalue weighted by atomic mass is 9.80. The molecule has 1 aliphatic heterocycles. The Morgan fingerprint density at radius 2 is 1.53 bits per heavy atom. The van der Waals surface area contributed by atoms with Crippen molar-refractivity contribution in [2.45, 2.75) is 107 Å².